The summed E-state index contributed by atoms with van der Waals surface area (Å²) in [6, 6.07) is 3.39. The Balaban J connectivity index is 1.87. The Morgan fingerprint density at radius 1 is 1.53 bits per heavy atom. The third-order valence-electron chi connectivity index (χ3n) is 2.66. The molecule has 1 atom stereocenters. The number of aromatic nitrogens is 2. The van der Waals surface area contributed by atoms with Crippen LogP contribution in [0.1, 0.15) is 23.3 Å². The van der Waals surface area contributed by atoms with Crippen LogP contribution >= 0.6 is 0 Å². The summed E-state index contributed by atoms with van der Waals surface area (Å²) in [5.41, 5.74) is 0.315. The van der Waals surface area contributed by atoms with Crippen LogP contribution in [-0.4, -0.2) is 42.4 Å². The summed E-state index contributed by atoms with van der Waals surface area (Å²) in [5.74, 6) is 0.427. The molecule has 1 aliphatic heterocycles. The van der Waals surface area contributed by atoms with Gasteiger partial charge in [0.1, 0.15) is 5.82 Å². The van der Waals surface area contributed by atoms with E-state index < -0.39 is 0 Å². The van der Waals surface area contributed by atoms with E-state index in [0.717, 1.165) is 26.0 Å². The van der Waals surface area contributed by atoms with E-state index in [1.54, 1.807) is 19.2 Å². The fraction of sp³-hybridized carbons (Fsp3) is 0.545. The van der Waals surface area contributed by atoms with E-state index in [-0.39, 0.29) is 12.0 Å². The van der Waals surface area contributed by atoms with Crippen molar-refractivity contribution in [2.75, 3.05) is 25.5 Å². The highest BCUT2D eigenvalue weighted by Crippen LogP contribution is 2.12. The van der Waals surface area contributed by atoms with Crippen LogP contribution in [0.4, 0.5) is 5.82 Å². The van der Waals surface area contributed by atoms with Gasteiger partial charge in [0, 0.05) is 20.2 Å². The predicted molar refractivity (Wildman–Crippen MR) is 62.9 cm³/mol. The topological polar surface area (TPSA) is 76.1 Å². The summed E-state index contributed by atoms with van der Waals surface area (Å²) in [7, 11) is 1.56. The highest BCUT2D eigenvalue weighted by atomic mass is 16.5. The smallest absolute Gasteiger partial charge is 0.271 e. The van der Waals surface area contributed by atoms with Gasteiger partial charge in [0.25, 0.3) is 5.91 Å². The normalized spacial score (nSPS) is 19.0. The van der Waals surface area contributed by atoms with E-state index in [1.165, 1.54) is 0 Å². The van der Waals surface area contributed by atoms with E-state index in [0.29, 0.717) is 11.5 Å². The van der Waals surface area contributed by atoms with Gasteiger partial charge in [-0.2, -0.15) is 0 Å². The first-order valence-corrected chi connectivity index (χ1v) is 5.71. The molecule has 1 aromatic heterocycles. The van der Waals surface area contributed by atoms with Crippen molar-refractivity contribution in [1.82, 2.24) is 15.5 Å². The number of nitrogens with one attached hydrogen (secondary N) is 2. The van der Waals surface area contributed by atoms with Crippen LogP contribution in [-0.2, 0) is 4.74 Å². The molecular weight excluding hydrogens is 220 g/mol. The standard InChI is InChI=1S/C11H16N4O2/c1-12-11(16)9-4-5-10(15-14-9)13-7-8-3-2-6-17-8/h4-5,8H,2-3,6-7H2,1H3,(H,12,16)(H,13,15). The van der Waals surface area contributed by atoms with Crippen LogP contribution < -0.4 is 10.6 Å². The highest BCUT2D eigenvalue weighted by Gasteiger charge is 2.15. The largest absolute Gasteiger partial charge is 0.376 e. The van der Waals surface area contributed by atoms with E-state index >= 15 is 0 Å². The molecule has 1 aromatic rings. The minimum Gasteiger partial charge on any atom is -0.376 e. The number of rotatable bonds is 4. The molecule has 92 valence electrons. The molecule has 6 heteroatoms. The molecule has 1 aliphatic rings. The van der Waals surface area contributed by atoms with Crippen molar-refractivity contribution < 1.29 is 9.53 Å². The Morgan fingerprint density at radius 2 is 2.41 bits per heavy atom. The van der Waals surface area contributed by atoms with Crippen molar-refractivity contribution in [3.8, 4) is 0 Å². The zero-order valence-corrected chi connectivity index (χ0v) is 9.77. The van der Waals surface area contributed by atoms with Gasteiger partial charge in [0.15, 0.2) is 5.69 Å². The molecule has 1 saturated heterocycles. The molecule has 0 bridgehead atoms. The summed E-state index contributed by atoms with van der Waals surface area (Å²) in [6.07, 6.45) is 2.46. The van der Waals surface area contributed by atoms with Gasteiger partial charge in [0.05, 0.1) is 6.10 Å². The van der Waals surface area contributed by atoms with Crippen LogP contribution in [0.5, 0.6) is 0 Å². The first-order chi connectivity index (χ1) is 8.29. The van der Waals surface area contributed by atoms with Gasteiger partial charge in [0.2, 0.25) is 0 Å². The van der Waals surface area contributed by atoms with Crippen LogP contribution in [0.3, 0.4) is 0 Å². The molecule has 0 saturated carbocycles. The Kier molecular flexibility index (Phi) is 3.87. The summed E-state index contributed by atoms with van der Waals surface area (Å²) in [4.78, 5) is 11.2. The van der Waals surface area contributed by atoms with E-state index in [4.69, 9.17) is 4.74 Å². The lowest BCUT2D eigenvalue weighted by Crippen LogP contribution is -2.21. The van der Waals surface area contributed by atoms with Gasteiger partial charge in [-0.05, 0) is 25.0 Å². The number of anilines is 1. The Labute approximate surface area is 99.8 Å². The lowest BCUT2D eigenvalue weighted by molar-refractivity contribution is 0.0957. The molecular formula is C11H16N4O2. The van der Waals surface area contributed by atoms with Gasteiger partial charge >= 0.3 is 0 Å². The quantitative estimate of drug-likeness (QED) is 0.792. The monoisotopic (exact) mass is 236 g/mol. The molecule has 2 heterocycles. The first-order valence-electron chi connectivity index (χ1n) is 5.71. The van der Waals surface area contributed by atoms with Crippen molar-refractivity contribution in [2.24, 2.45) is 0 Å². The minimum absolute atomic E-state index is 0.233. The molecule has 2 rings (SSSR count). The second kappa shape index (κ2) is 5.58. The van der Waals surface area contributed by atoms with Gasteiger partial charge in [-0.25, -0.2) is 0 Å². The lowest BCUT2D eigenvalue weighted by Gasteiger charge is -2.10. The van der Waals surface area contributed by atoms with Crippen molar-refractivity contribution in [1.29, 1.82) is 0 Å². The Morgan fingerprint density at radius 3 is 3.00 bits per heavy atom. The third kappa shape index (κ3) is 3.13. The molecule has 6 nitrogen and oxygen atoms in total. The summed E-state index contributed by atoms with van der Waals surface area (Å²) >= 11 is 0. The number of ether oxygens (including phenoxy) is 1. The third-order valence-corrected chi connectivity index (χ3v) is 2.66. The average Bonchev–Trinajstić information content (AvgIpc) is 2.89. The van der Waals surface area contributed by atoms with Crippen molar-refractivity contribution in [3.05, 3.63) is 17.8 Å². The highest BCUT2D eigenvalue weighted by molar-refractivity contribution is 5.91. The van der Waals surface area contributed by atoms with E-state index in [9.17, 15) is 4.79 Å². The van der Waals surface area contributed by atoms with E-state index in [2.05, 4.69) is 20.8 Å². The first kappa shape index (κ1) is 11.8. The van der Waals surface area contributed by atoms with Gasteiger partial charge in [-0.3, -0.25) is 4.79 Å². The molecule has 0 aliphatic carbocycles. The SMILES string of the molecule is CNC(=O)c1ccc(NCC2CCCO2)nn1. The molecule has 0 aromatic carbocycles. The summed E-state index contributed by atoms with van der Waals surface area (Å²) in [5, 5.41) is 13.4. The van der Waals surface area contributed by atoms with Crippen molar-refractivity contribution in [2.45, 2.75) is 18.9 Å². The summed E-state index contributed by atoms with van der Waals surface area (Å²) < 4.78 is 5.48. The van der Waals surface area contributed by atoms with Crippen molar-refractivity contribution >= 4 is 11.7 Å². The number of carbonyl (C=O) groups excluding carboxylic acids is 1. The maximum atomic E-state index is 11.2. The van der Waals surface area contributed by atoms with Gasteiger partial charge in [-0.1, -0.05) is 0 Å². The zero-order valence-electron chi connectivity index (χ0n) is 9.77. The molecule has 2 N–H and O–H groups in total. The van der Waals surface area contributed by atoms with Gasteiger partial charge in [-0.15, -0.1) is 10.2 Å². The fourth-order valence-electron chi connectivity index (χ4n) is 1.70. The maximum absolute atomic E-state index is 11.2. The van der Waals surface area contributed by atoms with Crippen LogP contribution in [0.25, 0.3) is 0 Å². The fourth-order valence-corrected chi connectivity index (χ4v) is 1.70. The van der Waals surface area contributed by atoms with Crippen LogP contribution in [0.2, 0.25) is 0 Å². The van der Waals surface area contributed by atoms with Crippen LogP contribution in [0.15, 0.2) is 12.1 Å². The second-order valence-corrected chi connectivity index (χ2v) is 3.90. The molecule has 1 unspecified atom stereocenters. The molecule has 1 fully saturated rings. The predicted octanol–water partition coefficient (Wildman–Crippen LogP) is 0.427. The minimum atomic E-state index is -0.233. The zero-order chi connectivity index (χ0) is 12.1. The number of carbonyl (C=O) groups is 1. The number of nitrogens with zero attached hydrogens (tertiary/aromatic N) is 2. The molecule has 17 heavy (non-hydrogen) atoms. The number of hydrogen-bond acceptors (Lipinski definition) is 5. The number of amides is 1. The Hall–Kier alpha value is -1.69. The second-order valence-electron chi connectivity index (χ2n) is 3.90. The lowest BCUT2D eigenvalue weighted by atomic mass is 10.2. The maximum Gasteiger partial charge on any atom is 0.271 e. The summed E-state index contributed by atoms with van der Waals surface area (Å²) in [6.45, 7) is 1.57. The van der Waals surface area contributed by atoms with Crippen LogP contribution in [0, 0.1) is 0 Å². The molecule has 0 spiro atoms. The van der Waals surface area contributed by atoms with Crippen molar-refractivity contribution in [3.63, 3.8) is 0 Å². The molecule has 0 radical (unpaired) electrons. The average molecular weight is 236 g/mol. The van der Waals surface area contributed by atoms with Gasteiger partial charge < -0.3 is 15.4 Å². The Bertz CT molecular complexity index is 374. The number of hydrogen-bond donors (Lipinski definition) is 2. The molecule has 1 amide bonds. The van der Waals surface area contributed by atoms with E-state index in [1.807, 2.05) is 0 Å².